The van der Waals surface area contributed by atoms with Gasteiger partial charge in [-0.2, -0.15) is 0 Å². The van der Waals surface area contributed by atoms with Crippen LogP contribution in [0.4, 0.5) is 17.1 Å². The highest BCUT2D eigenvalue weighted by atomic mass is 16.2. The van der Waals surface area contributed by atoms with Crippen molar-refractivity contribution >= 4 is 39.6 Å². The van der Waals surface area contributed by atoms with Crippen molar-refractivity contribution in [1.82, 2.24) is 0 Å². The molecule has 0 aromatic heterocycles. The summed E-state index contributed by atoms with van der Waals surface area (Å²) in [6.45, 7) is 0. The van der Waals surface area contributed by atoms with E-state index in [1.165, 1.54) is 0 Å². The maximum Gasteiger partial charge on any atom is 0.314 e. The van der Waals surface area contributed by atoms with Crippen LogP contribution in [0.3, 0.4) is 0 Å². The molecule has 5 heteroatoms. The average molecular weight is 333 g/mol. The number of nitrogens with zero attached hydrogens (tertiary/aromatic N) is 1. The van der Waals surface area contributed by atoms with Gasteiger partial charge >= 0.3 is 11.8 Å². The summed E-state index contributed by atoms with van der Waals surface area (Å²) in [5, 5.41) is 7.17. The molecule has 0 heterocycles. The van der Waals surface area contributed by atoms with Gasteiger partial charge in [0.25, 0.3) is 0 Å². The summed E-state index contributed by atoms with van der Waals surface area (Å²) in [5.74, 6) is -1.40. The lowest BCUT2D eigenvalue weighted by Gasteiger charge is -2.13. The molecule has 0 aliphatic carbocycles. The minimum absolute atomic E-state index is 0.573. The van der Waals surface area contributed by atoms with E-state index < -0.39 is 11.8 Å². The minimum atomic E-state index is -0.703. The zero-order valence-electron chi connectivity index (χ0n) is 14.1. The normalized spacial score (nSPS) is 10.3. The molecule has 0 saturated carbocycles. The molecular weight excluding hydrogens is 314 g/mol. The van der Waals surface area contributed by atoms with Crippen molar-refractivity contribution in [3.63, 3.8) is 0 Å². The van der Waals surface area contributed by atoms with Crippen molar-refractivity contribution in [2.75, 3.05) is 29.6 Å². The maximum absolute atomic E-state index is 12.2. The van der Waals surface area contributed by atoms with Crippen LogP contribution in [0.1, 0.15) is 0 Å². The van der Waals surface area contributed by atoms with Crippen molar-refractivity contribution in [2.24, 2.45) is 0 Å². The molecule has 0 aliphatic heterocycles. The van der Waals surface area contributed by atoms with Gasteiger partial charge in [-0.05, 0) is 35.7 Å². The first-order valence-electron chi connectivity index (χ1n) is 7.92. The van der Waals surface area contributed by atoms with E-state index in [4.69, 9.17) is 0 Å². The van der Waals surface area contributed by atoms with E-state index in [0.717, 1.165) is 16.5 Å². The van der Waals surface area contributed by atoms with Gasteiger partial charge in [0.15, 0.2) is 0 Å². The molecule has 3 rings (SSSR count). The molecule has 0 atom stereocenters. The molecular formula is C20H19N3O2. The van der Waals surface area contributed by atoms with Crippen LogP contribution in [0.15, 0.2) is 66.7 Å². The summed E-state index contributed by atoms with van der Waals surface area (Å²) < 4.78 is 0. The molecule has 2 amide bonds. The number of rotatable bonds is 3. The maximum atomic E-state index is 12.2. The van der Waals surface area contributed by atoms with Crippen molar-refractivity contribution in [2.45, 2.75) is 0 Å². The lowest BCUT2D eigenvalue weighted by atomic mass is 10.1. The Bertz CT molecular complexity index is 912. The Hall–Kier alpha value is -3.34. The average Bonchev–Trinajstić information content (AvgIpc) is 2.62. The molecule has 3 aromatic rings. The van der Waals surface area contributed by atoms with E-state index in [2.05, 4.69) is 10.6 Å². The molecule has 0 radical (unpaired) electrons. The van der Waals surface area contributed by atoms with E-state index in [0.29, 0.717) is 11.4 Å². The molecule has 0 unspecified atom stereocenters. The van der Waals surface area contributed by atoms with Crippen LogP contribution in [0.5, 0.6) is 0 Å². The number of anilines is 3. The van der Waals surface area contributed by atoms with E-state index in [9.17, 15) is 9.59 Å². The van der Waals surface area contributed by atoms with Gasteiger partial charge < -0.3 is 15.5 Å². The lowest BCUT2D eigenvalue weighted by molar-refractivity contribution is -0.132. The first kappa shape index (κ1) is 16.5. The lowest BCUT2D eigenvalue weighted by Crippen LogP contribution is -2.29. The summed E-state index contributed by atoms with van der Waals surface area (Å²) in [5.41, 5.74) is 2.20. The summed E-state index contributed by atoms with van der Waals surface area (Å²) in [6, 6.07) is 20.5. The first-order valence-corrected chi connectivity index (χ1v) is 7.92. The smallest absolute Gasteiger partial charge is 0.314 e. The Balaban J connectivity index is 1.71. The second-order valence-electron chi connectivity index (χ2n) is 5.88. The van der Waals surface area contributed by atoms with Gasteiger partial charge in [0.1, 0.15) is 0 Å². The number of fused-ring (bicyclic) bond motifs is 1. The molecule has 5 nitrogen and oxygen atoms in total. The molecule has 0 aliphatic rings. The Morgan fingerprint density at radius 3 is 2.12 bits per heavy atom. The number of carbonyl (C=O) groups is 2. The number of benzene rings is 3. The van der Waals surface area contributed by atoms with Gasteiger partial charge in [-0.25, -0.2) is 0 Å². The van der Waals surface area contributed by atoms with Gasteiger partial charge in [-0.3, -0.25) is 9.59 Å². The summed E-state index contributed by atoms with van der Waals surface area (Å²) in [7, 11) is 3.87. The summed E-state index contributed by atoms with van der Waals surface area (Å²) in [4.78, 5) is 26.3. The number of carbonyl (C=O) groups excluding carboxylic acids is 2. The third-order valence-corrected chi connectivity index (χ3v) is 3.89. The number of hydrogen-bond donors (Lipinski definition) is 2. The van der Waals surface area contributed by atoms with Crippen LogP contribution in [0.2, 0.25) is 0 Å². The second kappa shape index (κ2) is 7.05. The molecule has 126 valence electrons. The zero-order valence-corrected chi connectivity index (χ0v) is 14.1. The van der Waals surface area contributed by atoms with Gasteiger partial charge in [-0.1, -0.05) is 36.4 Å². The zero-order chi connectivity index (χ0) is 17.8. The standard InChI is InChI=1S/C20H19N3O2/c1-23(2)16-12-10-15(11-13-16)21-19(24)20(25)22-18-9-5-7-14-6-3-4-8-17(14)18/h3-13H,1-2H3,(H,21,24)(H,22,25). The summed E-state index contributed by atoms with van der Waals surface area (Å²) in [6.07, 6.45) is 0. The highest BCUT2D eigenvalue weighted by Crippen LogP contribution is 2.23. The van der Waals surface area contributed by atoms with Gasteiger partial charge in [-0.15, -0.1) is 0 Å². The summed E-state index contributed by atoms with van der Waals surface area (Å²) >= 11 is 0. The third kappa shape index (κ3) is 3.77. The van der Waals surface area contributed by atoms with Gasteiger partial charge in [0.05, 0.1) is 0 Å². The number of amides is 2. The second-order valence-corrected chi connectivity index (χ2v) is 5.88. The molecule has 0 spiro atoms. The molecule has 0 bridgehead atoms. The fraction of sp³-hybridized carbons (Fsp3) is 0.100. The van der Waals surface area contributed by atoms with E-state index in [-0.39, 0.29) is 0 Å². The van der Waals surface area contributed by atoms with Crippen molar-refractivity contribution < 1.29 is 9.59 Å². The number of hydrogen-bond acceptors (Lipinski definition) is 3. The van der Waals surface area contributed by atoms with Crippen LogP contribution in [-0.4, -0.2) is 25.9 Å². The molecule has 25 heavy (non-hydrogen) atoms. The Labute approximate surface area is 146 Å². The SMILES string of the molecule is CN(C)c1ccc(NC(=O)C(=O)Nc2cccc3ccccc23)cc1. The largest absolute Gasteiger partial charge is 0.378 e. The minimum Gasteiger partial charge on any atom is -0.378 e. The fourth-order valence-corrected chi connectivity index (χ4v) is 2.54. The molecule has 0 fully saturated rings. The fourth-order valence-electron chi connectivity index (χ4n) is 2.54. The van der Waals surface area contributed by atoms with E-state index >= 15 is 0 Å². The molecule has 2 N–H and O–H groups in total. The van der Waals surface area contributed by atoms with Crippen molar-refractivity contribution in [1.29, 1.82) is 0 Å². The molecule has 3 aromatic carbocycles. The van der Waals surface area contributed by atoms with Gasteiger partial charge in [0.2, 0.25) is 0 Å². The Kier molecular flexibility index (Phi) is 4.66. The van der Waals surface area contributed by atoms with E-state index in [1.54, 1.807) is 18.2 Å². The Morgan fingerprint density at radius 1 is 0.760 bits per heavy atom. The highest BCUT2D eigenvalue weighted by molar-refractivity contribution is 6.44. The number of nitrogens with one attached hydrogen (secondary N) is 2. The Morgan fingerprint density at radius 2 is 1.40 bits per heavy atom. The topological polar surface area (TPSA) is 61.4 Å². The van der Waals surface area contributed by atoms with Crippen molar-refractivity contribution in [3.8, 4) is 0 Å². The predicted molar refractivity (Wildman–Crippen MR) is 102 cm³/mol. The third-order valence-electron chi connectivity index (χ3n) is 3.89. The van der Waals surface area contributed by atoms with Gasteiger partial charge in [0, 0.05) is 36.5 Å². The van der Waals surface area contributed by atoms with Crippen molar-refractivity contribution in [3.05, 3.63) is 66.7 Å². The highest BCUT2D eigenvalue weighted by Gasteiger charge is 2.15. The quantitative estimate of drug-likeness (QED) is 0.721. The van der Waals surface area contributed by atoms with Crippen LogP contribution in [-0.2, 0) is 9.59 Å². The predicted octanol–water partition coefficient (Wildman–Crippen LogP) is 3.48. The molecule has 0 saturated heterocycles. The van der Waals surface area contributed by atoms with Crippen LogP contribution < -0.4 is 15.5 Å². The first-order chi connectivity index (χ1) is 12.0. The van der Waals surface area contributed by atoms with E-state index in [1.807, 2.05) is 67.5 Å². The monoisotopic (exact) mass is 333 g/mol. The van der Waals surface area contributed by atoms with Crippen LogP contribution >= 0.6 is 0 Å². The van der Waals surface area contributed by atoms with Crippen LogP contribution in [0, 0.1) is 0 Å². The van der Waals surface area contributed by atoms with Crippen LogP contribution in [0.25, 0.3) is 10.8 Å².